The molecule has 11 heteroatoms. The fraction of sp³-hybridized carbons (Fsp3) is 0.478. The van der Waals surface area contributed by atoms with Crippen LogP contribution in [0.4, 0.5) is 19.0 Å². The lowest BCUT2D eigenvalue weighted by molar-refractivity contribution is -0.182. The second-order valence-electron chi connectivity index (χ2n) is 8.93. The van der Waals surface area contributed by atoms with Crippen molar-refractivity contribution >= 4 is 17.4 Å². The van der Waals surface area contributed by atoms with E-state index in [9.17, 15) is 13.2 Å². The van der Waals surface area contributed by atoms with Crippen molar-refractivity contribution in [1.82, 2.24) is 29.6 Å². The number of hydrogen-bond donors (Lipinski definition) is 0. The number of alkyl halides is 3. The van der Waals surface area contributed by atoms with Crippen molar-refractivity contribution in [3.05, 3.63) is 58.5 Å². The molecule has 2 aromatic heterocycles. The van der Waals surface area contributed by atoms with Crippen LogP contribution in [-0.2, 0) is 13.1 Å². The van der Waals surface area contributed by atoms with Crippen molar-refractivity contribution in [2.45, 2.75) is 57.9 Å². The molecule has 1 saturated heterocycles. The van der Waals surface area contributed by atoms with Crippen LogP contribution in [0, 0.1) is 6.92 Å². The normalized spacial score (nSPS) is 18.4. The summed E-state index contributed by atoms with van der Waals surface area (Å²) in [6, 6.07) is 3.74. The molecule has 1 fully saturated rings. The second-order valence-corrected chi connectivity index (χ2v) is 9.37. The Balaban J connectivity index is 1.46. The lowest BCUT2D eigenvalue weighted by atomic mass is 9.95. The predicted octanol–water partition coefficient (Wildman–Crippen LogP) is 4.67. The van der Waals surface area contributed by atoms with Crippen molar-refractivity contribution in [2.75, 3.05) is 18.0 Å². The van der Waals surface area contributed by atoms with E-state index in [1.54, 1.807) is 24.5 Å². The van der Waals surface area contributed by atoms with E-state index in [4.69, 9.17) is 11.6 Å². The van der Waals surface area contributed by atoms with Crippen LogP contribution in [0.3, 0.4) is 0 Å². The molecular weight excluding hydrogens is 467 g/mol. The molecule has 2 aliphatic rings. The number of piperidine rings is 1. The Morgan fingerprint density at radius 3 is 2.50 bits per heavy atom. The van der Waals surface area contributed by atoms with Gasteiger partial charge in [-0.25, -0.2) is 4.98 Å². The number of aromatic nitrogens is 5. The summed E-state index contributed by atoms with van der Waals surface area (Å²) >= 11 is 6.23. The van der Waals surface area contributed by atoms with Gasteiger partial charge in [-0.3, -0.25) is 14.5 Å². The summed E-state index contributed by atoms with van der Waals surface area (Å²) in [5.74, 6) is 2.32. The minimum Gasteiger partial charge on any atom is -0.355 e. The second kappa shape index (κ2) is 8.81. The monoisotopic (exact) mass is 491 g/mol. The van der Waals surface area contributed by atoms with Gasteiger partial charge in [0.05, 0.1) is 17.9 Å². The SMILES string of the molecule is Cc1nccnc1N1CCC(c2nnc3n2-c2ccc(Cl)cc2CN(C(C)C(F)(F)F)C3)CC1. The maximum atomic E-state index is 13.6. The third-order valence-corrected chi connectivity index (χ3v) is 7.03. The largest absolute Gasteiger partial charge is 0.403 e. The molecule has 0 aliphatic carbocycles. The van der Waals surface area contributed by atoms with E-state index in [0.717, 1.165) is 54.5 Å². The Morgan fingerprint density at radius 2 is 1.79 bits per heavy atom. The molecule has 0 saturated carbocycles. The molecule has 1 aromatic carbocycles. The topological polar surface area (TPSA) is 63.0 Å². The van der Waals surface area contributed by atoms with Crippen LogP contribution in [0.15, 0.2) is 30.6 Å². The fourth-order valence-electron chi connectivity index (χ4n) is 4.86. The number of halogens is 4. The molecule has 5 rings (SSSR count). The smallest absolute Gasteiger partial charge is 0.355 e. The highest BCUT2D eigenvalue weighted by Crippen LogP contribution is 2.36. The van der Waals surface area contributed by atoms with Gasteiger partial charge in [-0.1, -0.05) is 11.6 Å². The van der Waals surface area contributed by atoms with Crippen LogP contribution < -0.4 is 4.90 Å². The molecule has 0 amide bonds. The molecule has 1 atom stereocenters. The molecule has 34 heavy (non-hydrogen) atoms. The van der Waals surface area contributed by atoms with Crippen LogP contribution in [0.25, 0.3) is 5.69 Å². The lowest BCUT2D eigenvalue weighted by Crippen LogP contribution is -2.42. The summed E-state index contributed by atoms with van der Waals surface area (Å²) in [6.45, 7) is 4.89. The highest BCUT2D eigenvalue weighted by molar-refractivity contribution is 6.30. The van der Waals surface area contributed by atoms with Gasteiger partial charge >= 0.3 is 6.18 Å². The molecular formula is C23H25ClF3N7. The average molecular weight is 492 g/mol. The van der Waals surface area contributed by atoms with E-state index in [1.165, 1.54) is 11.8 Å². The van der Waals surface area contributed by atoms with Gasteiger partial charge in [0.2, 0.25) is 0 Å². The lowest BCUT2D eigenvalue weighted by Gasteiger charge is -2.33. The van der Waals surface area contributed by atoms with Gasteiger partial charge in [0, 0.05) is 43.0 Å². The summed E-state index contributed by atoms with van der Waals surface area (Å²) < 4.78 is 42.7. The molecule has 0 bridgehead atoms. The average Bonchev–Trinajstić information content (AvgIpc) is 3.14. The Kier molecular flexibility index (Phi) is 5.97. The van der Waals surface area contributed by atoms with Crippen LogP contribution >= 0.6 is 11.6 Å². The van der Waals surface area contributed by atoms with E-state index in [2.05, 4.69) is 25.1 Å². The van der Waals surface area contributed by atoms with Crippen molar-refractivity contribution < 1.29 is 13.2 Å². The number of nitrogens with zero attached hydrogens (tertiary/aromatic N) is 7. The molecule has 0 spiro atoms. The summed E-state index contributed by atoms with van der Waals surface area (Å²) in [7, 11) is 0. The Labute approximate surface area is 200 Å². The van der Waals surface area contributed by atoms with E-state index < -0.39 is 12.2 Å². The number of rotatable bonds is 3. The first-order valence-corrected chi connectivity index (χ1v) is 11.7. The number of hydrogen-bond acceptors (Lipinski definition) is 6. The van der Waals surface area contributed by atoms with Gasteiger partial charge in [-0.15, -0.1) is 10.2 Å². The number of benzene rings is 1. The van der Waals surface area contributed by atoms with Gasteiger partial charge < -0.3 is 4.90 Å². The molecule has 7 nitrogen and oxygen atoms in total. The van der Waals surface area contributed by atoms with Crippen molar-refractivity contribution in [1.29, 1.82) is 0 Å². The van der Waals surface area contributed by atoms with Crippen LogP contribution in [-0.4, -0.2) is 54.9 Å². The zero-order chi connectivity index (χ0) is 24.0. The third-order valence-electron chi connectivity index (χ3n) is 6.79. The van der Waals surface area contributed by atoms with Crippen LogP contribution in [0.1, 0.15) is 48.6 Å². The standard InChI is InChI=1S/C23H25ClF3N7/c1-14-21(29-8-7-28-14)32-9-5-16(6-10-32)22-31-30-20-13-33(15(2)23(25,26)27)12-17-11-18(24)3-4-19(17)34(20)22/h3-4,7-8,11,15-16H,5-6,9-10,12-13H2,1-2H3. The maximum absolute atomic E-state index is 13.6. The van der Waals surface area contributed by atoms with Gasteiger partial charge in [0.1, 0.15) is 17.7 Å². The van der Waals surface area contributed by atoms with E-state index >= 15 is 0 Å². The number of fused-ring (bicyclic) bond motifs is 3. The molecule has 0 N–H and O–H groups in total. The Hall–Kier alpha value is -2.72. The van der Waals surface area contributed by atoms with Crippen LogP contribution in [0.2, 0.25) is 5.02 Å². The van der Waals surface area contributed by atoms with E-state index in [1.807, 2.05) is 17.6 Å². The van der Waals surface area contributed by atoms with Crippen molar-refractivity contribution in [2.24, 2.45) is 0 Å². The first kappa shape index (κ1) is 23.0. The van der Waals surface area contributed by atoms with Crippen molar-refractivity contribution in [3.63, 3.8) is 0 Å². The molecule has 180 valence electrons. The summed E-state index contributed by atoms with van der Waals surface area (Å²) in [5.41, 5.74) is 2.42. The van der Waals surface area contributed by atoms with Gasteiger partial charge in [0.25, 0.3) is 0 Å². The molecule has 4 heterocycles. The third kappa shape index (κ3) is 4.24. The minimum atomic E-state index is -4.35. The van der Waals surface area contributed by atoms with Gasteiger partial charge in [0.15, 0.2) is 5.82 Å². The van der Waals surface area contributed by atoms with E-state index in [0.29, 0.717) is 10.8 Å². The minimum absolute atomic E-state index is 0.0532. The maximum Gasteiger partial charge on any atom is 0.403 e. The highest BCUT2D eigenvalue weighted by Gasteiger charge is 2.42. The summed E-state index contributed by atoms with van der Waals surface area (Å²) in [5, 5.41) is 9.33. The zero-order valence-corrected chi connectivity index (χ0v) is 19.7. The summed E-state index contributed by atoms with van der Waals surface area (Å²) in [6.07, 6.45) is 0.702. The number of anilines is 1. The fourth-order valence-corrected chi connectivity index (χ4v) is 5.05. The molecule has 2 aliphatic heterocycles. The number of aryl methyl sites for hydroxylation is 1. The predicted molar refractivity (Wildman–Crippen MR) is 122 cm³/mol. The first-order valence-electron chi connectivity index (χ1n) is 11.3. The quantitative estimate of drug-likeness (QED) is 0.530. The molecule has 3 aromatic rings. The van der Waals surface area contributed by atoms with E-state index in [-0.39, 0.29) is 19.0 Å². The first-order chi connectivity index (χ1) is 16.2. The highest BCUT2D eigenvalue weighted by atomic mass is 35.5. The summed E-state index contributed by atoms with van der Waals surface area (Å²) in [4.78, 5) is 12.4. The molecule has 0 radical (unpaired) electrons. The van der Waals surface area contributed by atoms with Gasteiger partial charge in [-0.05, 0) is 50.5 Å². The Morgan fingerprint density at radius 1 is 1.06 bits per heavy atom. The van der Waals surface area contributed by atoms with Crippen molar-refractivity contribution in [3.8, 4) is 5.69 Å². The van der Waals surface area contributed by atoms with Gasteiger partial charge in [-0.2, -0.15) is 13.2 Å². The Bertz CT molecular complexity index is 1190. The molecule has 1 unspecified atom stereocenters. The van der Waals surface area contributed by atoms with Crippen LogP contribution in [0.5, 0.6) is 0 Å². The zero-order valence-electron chi connectivity index (χ0n) is 18.9.